The van der Waals surface area contributed by atoms with Crippen LogP contribution in [0.15, 0.2) is 30.4 Å². The Morgan fingerprint density at radius 3 is 2.07 bits per heavy atom. The summed E-state index contributed by atoms with van der Waals surface area (Å²) in [4.78, 5) is 0. The van der Waals surface area contributed by atoms with Gasteiger partial charge in [0.2, 0.25) is 0 Å². The Morgan fingerprint density at radius 2 is 1.64 bits per heavy atom. The lowest BCUT2D eigenvalue weighted by Crippen LogP contribution is -1.90. The molecule has 0 unspecified atom stereocenters. The van der Waals surface area contributed by atoms with Crippen molar-refractivity contribution in [2.45, 2.75) is 13.3 Å². The van der Waals surface area contributed by atoms with Gasteiger partial charge in [-0.2, -0.15) is 0 Å². The third kappa shape index (κ3) is 2.80. The summed E-state index contributed by atoms with van der Waals surface area (Å²) in [5.74, 6) is 1.67. The maximum atomic E-state index is 5.17. The van der Waals surface area contributed by atoms with Crippen molar-refractivity contribution < 1.29 is 9.47 Å². The van der Waals surface area contributed by atoms with Crippen LogP contribution in [0.5, 0.6) is 11.5 Å². The van der Waals surface area contributed by atoms with Gasteiger partial charge in [-0.15, -0.1) is 0 Å². The van der Waals surface area contributed by atoms with Gasteiger partial charge >= 0.3 is 0 Å². The number of hydrogen-bond donors (Lipinski definition) is 0. The van der Waals surface area contributed by atoms with Crippen molar-refractivity contribution in [1.82, 2.24) is 0 Å². The van der Waals surface area contributed by atoms with Gasteiger partial charge in [0.1, 0.15) is 11.5 Å². The highest BCUT2D eigenvalue weighted by Gasteiger charge is 1.99. The molecule has 76 valence electrons. The fourth-order valence-electron chi connectivity index (χ4n) is 1.24. The van der Waals surface area contributed by atoms with E-state index in [4.69, 9.17) is 9.47 Å². The van der Waals surface area contributed by atoms with Crippen molar-refractivity contribution in [2.75, 3.05) is 14.2 Å². The Hall–Kier alpha value is -1.44. The molecular weight excluding hydrogens is 176 g/mol. The fourth-order valence-corrected chi connectivity index (χ4v) is 1.24. The molecule has 2 heteroatoms. The molecule has 0 N–H and O–H groups in total. The van der Waals surface area contributed by atoms with Gasteiger partial charge in [-0.25, -0.2) is 0 Å². The minimum absolute atomic E-state index is 0.837. The SMILES string of the molecule is C/C=C/Cc1cc(OC)cc(OC)c1. The Kier molecular flexibility index (Phi) is 4.05. The highest BCUT2D eigenvalue weighted by atomic mass is 16.5. The molecule has 14 heavy (non-hydrogen) atoms. The smallest absolute Gasteiger partial charge is 0.122 e. The number of methoxy groups -OCH3 is 2. The van der Waals surface area contributed by atoms with E-state index in [1.54, 1.807) is 14.2 Å². The van der Waals surface area contributed by atoms with E-state index < -0.39 is 0 Å². The van der Waals surface area contributed by atoms with Gasteiger partial charge in [0.25, 0.3) is 0 Å². The van der Waals surface area contributed by atoms with Crippen LogP contribution < -0.4 is 9.47 Å². The van der Waals surface area contributed by atoms with Gasteiger partial charge in [-0.1, -0.05) is 12.2 Å². The zero-order valence-electron chi connectivity index (χ0n) is 8.91. The van der Waals surface area contributed by atoms with Crippen molar-refractivity contribution in [3.63, 3.8) is 0 Å². The third-order valence-corrected chi connectivity index (χ3v) is 2.00. The first-order chi connectivity index (χ1) is 6.80. The summed E-state index contributed by atoms with van der Waals surface area (Å²) in [6, 6.07) is 5.91. The molecule has 1 aromatic carbocycles. The zero-order valence-corrected chi connectivity index (χ0v) is 8.91. The van der Waals surface area contributed by atoms with Crippen LogP contribution >= 0.6 is 0 Å². The van der Waals surface area contributed by atoms with E-state index in [9.17, 15) is 0 Å². The molecule has 0 aliphatic carbocycles. The molecule has 0 saturated carbocycles. The summed E-state index contributed by atoms with van der Waals surface area (Å²) in [5.41, 5.74) is 1.19. The van der Waals surface area contributed by atoms with Crippen LogP contribution in [0.4, 0.5) is 0 Å². The van der Waals surface area contributed by atoms with Gasteiger partial charge in [0, 0.05) is 6.07 Å². The number of hydrogen-bond acceptors (Lipinski definition) is 2. The molecule has 0 heterocycles. The second kappa shape index (κ2) is 5.32. The van der Waals surface area contributed by atoms with E-state index in [2.05, 4.69) is 6.08 Å². The van der Waals surface area contributed by atoms with Crippen molar-refractivity contribution in [3.8, 4) is 11.5 Å². The van der Waals surface area contributed by atoms with Crippen LogP contribution in [-0.2, 0) is 6.42 Å². The Bertz CT molecular complexity index is 294. The molecule has 0 spiro atoms. The maximum absolute atomic E-state index is 5.17. The molecule has 0 bridgehead atoms. The standard InChI is InChI=1S/C12H16O2/c1-4-5-6-10-7-11(13-2)9-12(8-10)14-3/h4-5,7-9H,6H2,1-3H3/b5-4+. The first kappa shape index (κ1) is 10.6. The number of rotatable bonds is 4. The monoisotopic (exact) mass is 192 g/mol. The van der Waals surface area contributed by atoms with E-state index >= 15 is 0 Å². The summed E-state index contributed by atoms with van der Waals surface area (Å²) in [6.45, 7) is 2.01. The van der Waals surface area contributed by atoms with Gasteiger partial charge < -0.3 is 9.47 Å². The predicted octanol–water partition coefficient (Wildman–Crippen LogP) is 2.82. The van der Waals surface area contributed by atoms with E-state index in [0.717, 1.165) is 17.9 Å². The van der Waals surface area contributed by atoms with E-state index in [-0.39, 0.29) is 0 Å². The quantitative estimate of drug-likeness (QED) is 0.683. The summed E-state index contributed by atoms with van der Waals surface area (Å²) >= 11 is 0. The maximum Gasteiger partial charge on any atom is 0.122 e. The van der Waals surface area contributed by atoms with Gasteiger partial charge in [-0.3, -0.25) is 0 Å². The molecule has 0 aliphatic heterocycles. The average molecular weight is 192 g/mol. The van der Waals surface area contributed by atoms with Crippen molar-refractivity contribution in [1.29, 1.82) is 0 Å². The summed E-state index contributed by atoms with van der Waals surface area (Å²) in [5, 5.41) is 0. The topological polar surface area (TPSA) is 18.5 Å². The minimum Gasteiger partial charge on any atom is -0.497 e. The molecule has 2 nitrogen and oxygen atoms in total. The molecular formula is C12H16O2. The van der Waals surface area contributed by atoms with E-state index in [1.807, 2.05) is 31.2 Å². The molecule has 1 rings (SSSR count). The minimum atomic E-state index is 0.837. The number of allylic oxidation sites excluding steroid dienone is 2. The lowest BCUT2D eigenvalue weighted by Gasteiger charge is -2.06. The van der Waals surface area contributed by atoms with Crippen LogP contribution in [0.2, 0.25) is 0 Å². The van der Waals surface area contributed by atoms with Crippen molar-refractivity contribution >= 4 is 0 Å². The molecule has 0 atom stereocenters. The predicted molar refractivity (Wildman–Crippen MR) is 58.1 cm³/mol. The normalized spacial score (nSPS) is 10.5. The molecule has 0 radical (unpaired) electrons. The number of benzene rings is 1. The molecule has 0 fully saturated rings. The first-order valence-electron chi connectivity index (χ1n) is 4.63. The van der Waals surface area contributed by atoms with E-state index in [0.29, 0.717) is 0 Å². The second-order valence-electron chi connectivity index (χ2n) is 2.99. The van der Waals surface area contributed by atoms with Gasteiger partial charge in [0.05, 0.1) is 14.2 Å². The molecule has 1 aromatic rings. The average Bonchev–Trinajstić information content (AvgIpc) is 2.25. The lowest BCUT2D eigenvalue weighted by molar-refractivity contribution is 0.393. The van der Waals surface area contributed by atoms with Crippen molar-refractivity contribution in [3.05, 3.63) is 35.9 Å². The van der Waals surface area contributed by atoms with Crippen LogP contribution in [0.3, 0.4) is 0 Å². The second-order valence-corrected chi connectivity index (χ2v) is 2.99. The van der Waals surface area contributed by atoms with Crippen LogP contribution in [0.1, 0.15) is 12.5 Å². The molecule has 0 saturated heterocycles. The first-order valence-corrected chi connectivity index (χ1v) is 4.63. The Balaban J connectivity index is 2.92. The molecule has 0 amide bonds. The highest BCUT2D eigenvalue weighted by Crippen LogP contribution is 2.22. The lowest BCUT2D eigenvalue weighted by atomic mass is 10.1. The van der Waals surface area contributed by atoms with Gasteiger partial charge in [0.15, 0.2) is 0 Å². The van der Waals surface area contributed by atoms with Gasteiger partial charge in [-0.05, 0) is 31.0 Å². The summed E-state index contributed by atoms with van der Waals surface area (Å²) in [6.07, 6.45) is 5.05. The van der Waals surface area contributed by atoms with Crippen LogP contribution in [-0.4, -0.2) is 14.2 Å². The third-order valence-electron chi connectivity index (χ3n) is 2.00. The van der Waals surface area contributed by atoms with Crippen LogP contribution in [0, 0.1) is 0 Å². The Labute approximate surface area is 85.2 Å². The van der Waals surface area contributed by atoms with Crippen LogP contribution in [0.25, 0.3) is 0 Å². The Morgan fingerprint density at radius 1 is 1.07 bits per heavy atom. The summed E-state index contributed by atoms with van der Waals surface area (Å²) in [7, 11) is 3.32. The number of ether oxygens (including phenoxy) is 2. The largest absolute Gasteiger partial charge is 0.497 e. The summed E-state index contributed by atoms with van der Waals surface area (Å²) < 4.78 is 10.3. The molecule has 0 aromatic heterocycles. The highest BCUT2D eigenvalue weighted by molar-refractivity contribution is 5.39. The zero-order chi connectivity index (χ0) is 10.4. The molecule has 0 aliphatic rings. The fraction of sp³-hybridized carbons (Fsp3) is 0.333. The van der Waals surface area contributed by atoms with E-state index in [1.165, 1.54) is 5.56 Å². The van der Waals surface area contributed by atoms with Crippen molar-refractivity contribution in [2.24, 2.45) is 0 Å².